The normalized spacial score (nSPS) is 20.8. The van der Waals surface area contributed by atoms with E-state index in [9.17, 15) is 4.79 Å². The third kappa shape index (κ3) is 3.77. The average molecular weight is 317 g/mol. The first kappa shape index (κ1) is 16.1. The Hall–Kier alpha value is -1.78. The van der Waals surface area contributed by atoms with Crippen molar-refractivity contribution in [2.75, 3.05) is 31.1 Å². The molecule has 3 rings (SSSR count). The molecule has 1 spiro atoms. The molecule has 2 aliphatic heterocycles. The van der Waals surface area contributed by atoms with Crippen LogP contribution in [-0.4, -0.2) is 47.8 Å². The summed E-state index contributed by atoms with van der Waals surface area (Å²) in [4.78, 5) is 20.6. The van der Waals surface area contributed by atoms with Crippen LogP contribution in [0.4, 0.5) is 10.5 Å². The molecule has 2 saturated heterocycles. The predicted molar refractivity (Wildman–Crippen MR) is 90.5 cm³/mol. The van der Waals surface area contributed by atoms with E-state index in [0.717, 1.165) is 39.0 Å². The molecule has 0 atom stereocenters. The molecule has 1 aromatic rings. The summed E-state index contributed by atoms with van der Waals surface area (Å²) in [5, 5.41) is 0. The van der Waals surface area contributed by atoms with Gasteiger partial charge in [0.05, 0.1) is 0 Å². The molecule has 0 aromatic carbocycles. The second-order valence-electron chi connectivity index (χ2n) is 7.84. The molecule has 2 aliphatic rings. The van der Waals surface area contributed by atoms with Gasteiger partial charge in [0.25, 0.3) is 0 Å². The quantitative estimate of drug-likeness (QED) is 0.797. The molecule has 2 fully saturated rings. The number of nitrogens with zero attached hydrogens (tertiary/aromatic N) is 3. The van der Waals surface area contributed by atoms with Crippen LogP contribution < -0.4 is 4.90 Å². The Morgan fingerprint density at radius 2 is 1.74 bits per heavy atom. The Balaban J connectivity index is 1.56. The van der Waals surface area contributed by atoms with Crippen LogP contribution in [0.3, 0.4) is 0 Å². The van der Waals surface area contributed by atoms with Crippen LogP contribution in [0.2, 0.25) is 0 Å². The summed E-state index contributed by atoms with van der Waals surface area (Å²) < 4.78 is 5.49. The van der Waals surface area contributed by atoms with E-state index in [1.807, 2.05) is 38.1 Å². The zero-order chi connectivity index (χ0) is 16.5. The van der Waals surface area contributed by atoms with Gasteiger partial charge in [-0.25, -0.2) is 4.79 Å². The number of likely N-dealkylation sites (tertiary alicyclic amines) is 1. The van der Waals surface area contributed by atoms with Gasteiger partial charge in [0, 0.05) is 44.3 Å². The van der Waals surface area contributed by atoms with Crippen LogP contribution in [0.25, 0.3) is 0 Å². The first-order valence-corrected chi connectivity index (χ1v) is 8.50. The smallest absolute Gasteiger partial charge is 0.410 e. The largest absolute Gasteiger partial charge is 0.444 e. The molecule has 0 radical (unpaired) electrons. The standard InChI is InChI=1S/C18H27N3O2/c1-17(2,3)23-16(22)20-11-6-18(7-12-20)8-13-21(14-18)15-4-9-19-10-5-15/h4-5,9-10H,6-8,11-14H2,1-3H3. The van der Waals surface area contributed by atoms with Gasteiger partial charge >= 0.3 is 6.09 Å². The molecule has 126 valence electrons. The number of aromatic nitrogens is 1. The summed E-state index contributed by atoms with van der Waals surface area (Å²) in [5.74, 6) is 0. The van der Waals surface area contributed by atoms with Gasteiger partial charge in [-0.3, -0.25) is 4.98 Å². The van der Waals surface area contributed by atoms with E-state index in [1.54, 1.807) is 0 Å². The minimum absolute atomic E-state index is 0.170. The summed E-state index contributed by atoms with van der Waals surface area (Å²) in [7, 11) is 0. The summed E-state index contributed by atoms with van der Waals surface area (Å²) in [6.45, 7) is 9.54. The fraction of sp³-hybridized carbons (Fsp3) is 0.667. The second kappa shape index (κ2) is 6.02. The van der Waals surface area contributed by atoms with Crippen molar-refractivity contribution in [1.29, 1.82) is 0 Å². The predicted octanol–water partition coefficient (Wildman–Crippen LogP) is 3.31. The van der Waals surface area contributed by atoms with Crippen molar-refractivity contribution in [2.24, 2.45) is 5.41 Å². The zero-order valence-corrected chi connectivity index (χ0v) is 14.4. The Labute approximate surface area is 138 Å². The first-order chi connectivity index (χ1) is 10.9. The number of ether oxygens (including phenoxy) is 1. The first-order valence-electron chi connectivity index (χ1n) is 8.50. The SMILES string of the molecule is CC(C)(C)OC(=O)N1CCC2(CC1)CCN(c1ccncc1)C2. The van der Waals surface area contributed by atoms with Gasteiger partial charge in [0.1, 0.15) is 5.60 Å². The lowest BCUT2D eigenvalue weighted by Crippen LogP contribution is -2.46. The lowest BCUT2D eigenvalue weighted by Gasteiger charge is -2.39. The number of hydrogen-bond donors (Lipinski definition) is 0. The monoisotopic (exact) mass is 317 g/mol. The van der Waals surface area contributed by atoms with Crippen LogP contribution in [-0.2, 0) is 4.74 Å². The number of anilines is 1. The molecular weight excluding hydrogens is 290 g/mol. The molecule has 3 heterocycles. The van der Waals surface area contributed by atoms with Crippen molar-refractivity contribution in [3.8, 4) is 0 Å². The molecule has 0 saturated carbocycles. The lowest BCUT2D eigenvalue weighted by molar-refractivity contribution is 0.0122. The number of piperidine rings is 1. The highest BCUT2D eigenvalue weighted by molar-refractivity contribution is 5.68. The summed E-state index contributed by atoms with van der Waals surface area (Å²) in [6.07, 6.45) is 6.87. The van der Waals surface area contributed by atoms with Gasteiger partial charge in [-0.15, -0.1) is 0 Å². The maximum Gasteiger partial charge on any atom is 0.410 e. The van der Waals surface area contributed by atoms with Crippen LogP contribution in [0.5, 0.6) is 0 Å². The molecule has 1 amide bonds. The highest BCUT2D eigenvalue weighted by Crippen LogP contribution is 2.41. The van der Waals surface area contributed by atoms with Gasteiger partial charge in [0.15, 0.2) is 0 Å². The second-order valence-corrected chi connectivity index (χ2v) is 7.84. The van der Waals surface area contributed by atoms with Crippen molar-refractivity contribution >= 4 is 11.8 Å². The van der Waals surface area contributed by atoms with E-state index in [0.29, 0.717) is 5.41 Å². The summed E-state index contributed by atoms with van der Waals surface area (Å²) in [6, 6.07) is 4.16. The zero-order valence-electron chi connectivity index (χ0n) is 14.4. The Kier molecular flexibility index (Phi) is 4.21. The molecule has 1 aromatic heterocycles. The molecule has 0 aliphatic carbocycles. The fourth-order valence-corrected chi connectivity index (χ4v) is 3.61. The van der Waals surface area contributed by atoms with Crippen molar-refractivity contribution in [2.45, 2.75) is 45.6 Å². The van der Waals surface area contributed by atoms with E-state index in [4.69, 9.17) is 4.74 Å². The average Bonchev–Trinajstić information content (AvgIpc) is 2.91. The Morgan fingerprint density at radius 1 is 1.13 bits per heavy atom. The van der Waals surface area contributed by atoms with Crippen LogP contribution in [0.15, 0.2) is 24.5 Å². The third-order valence-corrected chi connectivity index (χ3v) is 4.94. The van der Waals surface area contributed by atoms with Gasteiger partial charge < -0.3 is 14.5 Å². The maximum absolute atomic E-state index is 12.2. The number of pyridine rings is 1. The molecule has 0 unspecified atom stereocenters. The highest BCUT2D eigenvalue weighted by Gasteiger charge is 2.42. The van der Waals surface area contributed by atoms with Gasteiger partial charge in [-0.05, 0) is 57.6 Å². The Bertz CT molecular complexity index is 545. The number of carbonyl (C=O) groups is 1. The van der Waals surface area contributed by atoms with Crippen molar-refractivity contribution < 1.29 is 9.53 Å². The minimum Gasteiger partial charge on any atom is -0.444 e. The van der Waals surface area contributed by atoms with Crippen LogP contribution >= 0.6 is 0 Å². The fourth-order valence-electron chi connectivity index (χ4n) is 3.61. The van der Waals surface area contributed by atoms with E-state index in [1.165, 1.54) is 12.1 Å². The topological polar surface area (TPSA) is 45.7 Å². The van der Waals surface area contributed by atoms with E-state index in [2.05, 4.69) is 22.0 Å². The molecule has 5 heteroatoms. The van der Waals surface area contributed by atoms with Crippen molar-refractivity contribution in [3.63, 3.8) is 0 Å². The highest BCUT2D eigenvalue weighted by atomic mass is 16.6. The molecule has 23 heavy (non-hydrogen) atoms. The van der Waals surface area contributed by atoms with E-state index >= 15 is 0 Å². The van der Waals surface area contributed by atoms with Crippen LogP contribution in [0, 0.1) is 5.41 Å². The summed E-state index contributed by atoms with van der Waals surface area (Å²) >= 11 is 0. The number of hydrogen-bond acceptors (Lipinski definition) is 4. The number of carbonyl (C=O) groups excluding carboxylic acids is 1. The van der Waals surface area contributed by atoms with Gasteiger partial charge in [-0.2, -0.15) is 0 Å². The minimum atomic E-state index is -0.419. The molecular formula is C18H27N3O2. The number of rotatable bonds is 1. The molecule has 0 bridgehead atoms. The lowest BCUT2D eigenvalue weighted by atomic mass is 9.78. The maximum atomic E-state index is 12.2. The van der Waals surface area contributed by atoms with E-state index in [-0.39, 0.29) is 6.09 Å². The Morgan fingerprint density at radius 3 is 2.35 bits per heavy atom. The number of amides is 1. The molecule has 5 nitrogen and oxygen atoms in total. The van der Waals surface area contributed by atoms with Crippen molar-refractivity contribution in [1.82, 2.24) is 9.88 Å². The summed E-state index contributed by atoms with van der Waals surface area (Å²) in [5.41, 5.74) is 1.19. The molecule has 0 N–H and O–H groups in total. The van der Waals surface area contributed by atoms with Gasteiger partial charge in [-0.1, -0.05) is 0 Å². The van der Waals surface area contributed by atoms with Crippen molar-refractivity contribution in [3.05, 3.63) is 24.5 Å². The van der Waals surface area contributed by atoms with Crippen LogP contribution in [0.1, 0.15) is 40.0 Å². The third-order valence-electron chi connectivity index (χ3n) is 4.94. The van der Waals surface area contributed by atoms with Gasteiger partial charge in [0.2, 0.25) is 0 Å². The van der Waals surface area contributed by atoms with E-state index < -0.39 is 5.60 Å².